The summed E-state index contributed by atoms with van der Waals surface area (Å²) >= 11 is 0. The van der Waals surface area contributed by atoms with E-state index in [0.717, 1.165) is 5.56 Å². The van der Waals surface area contributed by atoms with Gasteiger partial charge in [-0.05, 0) is 37.1 Å². The van der Waals surface area contributed by atoms with Crippen molar-refractivity contribution in [1.82, 2.24) is 15.2 Å². The second-order valence-electron chi connectivity index (χ2n) is 4.05. The van der Waals surface area contributed by atoms with E-state index < -0.39 is 10.0 Å². The largest absolute Gasteiger partial charge is 0.398 e. The first-order valence-electron chi connectivity index (χ1n) is 5.43. The highest BCUT2D eigenvalue weighted by Gasteiger charge is 2.20. The predicted molar refractivity (Wildman–Crippen MR) is 71.0 cm³/mol. The molecule has 1 aromatic heterocycles. The zero-order chi connectivity index (χ0) is 14.0. The molecule has 0 aliphatic rings. The molecule has 0 fully saturated rings. The maximum atomic E-state index is 12.3. The molecular weight excluding hydrogens is 266 g/mol. The lowest BCUT2D eigenvalue weighted by Gasteiger charge is -2.11. The molecule has 1 aromatic carbocycles. The maximum Gasteiger partial charge on any atom is 0.264 e. The smallest absolute Gasteiger partial charge is 0.264 e. The fourth-order valence-electron chi connectivity index (χ4n) is 1.60. The van der Waals surface area contributed by atoms with Gasteiger partial charge in [0.15, 0.2) is 0 Å². The van der Waals surface area contributed by atoms with Crippen molar-refractivity contribution in [3.8, 4) is 0 Å². The molecule has 0 aliphatic heterocycles. The van der Waals surface area contributed by atoms with Crippen molar-refractivity contribution in [1.29, 1.82) is 0 Å². The number of anilines is 2. The molecule has 0 amide bonds. The first-order chi connectivity index (χ1) is 8.90. The Morgan fingerprint density at radius 3 is 2.58 bits per heavy atom. The van der Waals surface area contributed by atoms with Crippen molar-refractivity contribution < 1.29 is 8.42 Å². The van der Waals surface area contributed by atoms with Crippen LogP contribution < -0.4 is 10.5 Å². The van der Waals surface area contributed by atoms with Crippen LogP contribution in [0.3, 0.4) is 0 Å². The highest BCUT2D eigenvalue weighted by Crippen LogP contribution is 2.24. The monoisotopic (exact) mass is 279 g/mol. The van der Waals surface area contributed by atoms with E-state index >= 15 is 0 Å². The number of rotatable bonds is 3. The minimum Gasteiger partial charge on any atom is -0.398 e. The molecule has 0 radical (unpaired) electrons. The van der Waals surface area contributed by atoms with E-state index in [1.165, 1.54) is 12.4 Å². The van der Waals surface area contributed by atoms with Crippen LogP contribution in [0.25, 0.3) is 0 Å². The summed E-state index contributed by atoms with van der Waals surface area (Å²) in [4.78, 5) is 3.88. The average molecular weight is 279 g/mol. The van der Waals surface area contributed by atoms with Gasteiger partial charge in [0.1, 0.15) is 0 Å². The molecule has 1 heterocycles. The molecule has 2 rings (SSSR count). The number of nitrogens with zero attached hydrogens (tertiary/aromatic N) is 3. The van der Waals surface area contributed by atoms with Gasteiger partial charge in [-0.25, -0.2) is 18.1 Å². The van der Waals surface area contributed by atoms with Gasteiger partial charge in [0.2, 0.25) is 0 Å². The normalized spacial score (nSPS) is 11.3. The van der Waals surface area contributed by atoms with E-state index in [4.69, 9.17) is 5.73 Å². The quantitative estimate of drug-likeness (QED) is 0.806. The lowest BCUT2D eigenvalue weighted by molar-refractivity contribution is 0.600. The minimum absolute atomic E-state index is 0.0815. The molecule has 8 heteroatoms. The van der Waals surface area contributed by atoms with E-state index in [2.05, 4.69) is 19.9 Å². The number of nitrogens with one attached hydrogen (secondary N) is 1. The van der Waals surface area contributed by atoms with Gasteiger partial charge in [0.05, 0.1) is 17.3 Å². The van der Waals surface area contributed by atoms with Crippen molar-refractivity contribution >= 4 is 21.7 Å². The number of aromatic nitrogens is 3. The van der Waals surface area contributed by atoms with Crippen LogP contribution in [0.15, 0.2) is 29.4 Å². The van der Waals surface area contributed by atoms with E-state index in [0.29, 0.717) is 11.3 Å². The Bertz CT molecular complexity index is 701. The standard InChI is InChI=1S/C11H13N5O2S/c1-7-5-9(12)8(2)10(6-7)19(17,18)16-11-13-3-4-14-15-11/h3-6H,12H2,1-2H3,(H,13,15,16). The lowest BCUT2D eigenvalue weighted by atomic mass is 10.1. The summed E-state index contributed by atoms with van der Waals surface area (Å²) in [5.41, 5.74) is 7.45. The number of aryl methyl sites for hydroxylation is 1. The molecule has 0 unspecified atom stereocenters. The van der Waals surface area contributed by atoms with Crippen LogP contribution in [0.1, 0.15) is 11.1 Å². The SMILES string of the molecule is Cc1cc(N)c(C)c(S(=O)(=O)Nc2nccnn2)c1. The molecule has 0 spiro atoms. The van der Waals surface area contributed by atoms with Crippen LogP contribution in [-0.4, -0.2) is 23.6 Å². The van der Waals surface area contributed by atoms with E-state index in [9.17, 15) is 8.42 Å². The summed E-state index contributed by atoms with van der Waals surface area (Å²) in [6.45, 7) is 3.42. The zero-order valence-electron chi connectivity index (χ0n) is 10.5. The number of nitrogen functional groups attached to an aromatic ring is 1. The Balaban J connectivity index is 2.46. The summed E-state index contributed by atoms with van der Waals surface area (Å²) in [6, 6.07) is 3.26. The fourth-order valence-corrected chi connectivity index (χ4v) is 2.91. The summed E-state index contributed by atoms with van der Waals surface area (Å²) in [5, 5.41) is 7.14. The second-order valence-corrected chi connectivity index (χ2v) is 5.70. The van der Waals surface area contributed by atoms with Crippen molar-refractivity contribution in [2.75, 3.05) is 10.5 Å². The van der Waals surface area contributed by atoms with E-state index in [1.54, 1.807) is 26.0 Å². The second kappa shape index (κ2) is 4.81. The molecule has 100 valence electrons. The molecular formula is C11H13N5O2S. The van der Waals surface area contributed by atoms with Gasteiger partial charge >= 0.3 is 0 Å². The maximum absolute atomic E-state index is 12.3. The van der Waals surface area contributed by atoms with Crippen LogP contribution in [0, 0.1) is 13.8 Å². The summed E-state index contributed by atoms with van der Waals surface area (Å²) in [6.07, 6.45) is 2.70. The van der Waals surface area contributed by atoms with Crippen LogP contribution in [0.2, 0.25) is 0 Å². The van der Waals surface area contributed by atoms with Crippen molar-refractivity contribution in [3.05, 3.63) is 35.7 Å². The van der Waals surface area contributed by atoms with Gasteiger partial charge in [-0.15, -0.1) is 5.10 Å². The van der Waals surface area contributed by atoms with Crippen molar-refractivity contribution in [3.63, 3.8) is 0 Å². The molecule has 0 atom stereocenters. The molecule has 0 saturated heterocycles. The summed E-state index contributed by atoms with van der Waals surface area (Å²) < 4.78 is 26.8. The van der Waals surface area contributed by atoms with Crippen molar-refractivity contribution in [2.24, 2.45) is 0 Å². The Morgan fingerprint density at radius 2 is 1.95 bits per heavy atom. The van der Waals surface area contributed by atoms with Crippen LogP contribution in [-0.2, 0) is 10.0 Å². The molecule has 3 N–H and O–H groups in total. The number of nitrogens with two attached hydrogens (primary N) is 1. The van der Waals surface area contributed by atoms with Crippen LogP contribution in [0.4, 0.5) is 11.6 Å². The van der Waals surface area contributed by atoms with Crippen molar-refractivity contribution in [2.45, 2.75) is 18.7 Å². The summed E-state index contributed by atoms with van der Waals surface area (Å²) in [5.74, 6) is -0.0815. The van der Waals surface area contributed by atoms with Crippen LogP contribution >= 0.6 is 0 Å². The third-order valence-electron chi connectivity index (χ3n) is 2.54. The number of sulfonamides is 1. The molecule has 7 nitrogen and oxygen atoms in total. The highest BCUT2D eigenvalue weighted by atomic mass is 32.2. The summed E-state index contributed by atoms with van der Waals surface area (Å²) in [7, 11) is -3.78. The van der Waals surface area contributed by atoms with Gasteiger partial charge in [-0.1, -0.05) is 0 Å². The van der Waals surface area contributed by atoms with Gasteiger partial charge < -0.3 is 5.73 Å². The van der Waals surface area contributed by atoms with E-state index in [-0.39, 0.29) is 10.8 Å². The molecule has 0 saturated carbocycles. The van der Waals surface area contributed by atoms with Gasteiger partial charge in [0, 0.05) is 5.69 Å². The number of hydrogen-bond acceptors (Lipinski definition) is 6. The first kappa shape index (κ1) is 13.2. The van der Waals surface area contributed by atoms with E-state index in [1.807, 2.05) is 0 Å². The lowest BCUT2D eigenvalue weighted by Crippen LogP contribution is -2.17. The molecule has 2 aromatic rings. The van der Waals surface area contributed by atoms with Gasteiger partial charge in [-0.3, -0.25) is 0 Å². The number of hydrogen-bond donors (Lipinski definition) is 2. The highest BCUT2D eigenvalue weighted by molar-refractivity contribution is 7.92. The third kappa shape index (κ3) is 2.79. The Morgan fingerprint density at radius 1 is 1.21 bits per heavy atom. The Kier molecular flexibility index (Phi) is 3.34. The number of benzene rings is 1. The minimum atomic E-state index is -3.78. The zero-order valence-corrected chi connectivity index (χ0v) is 11.3. The molecule has 0 bridgehead atoms. The average Bonchev–Trinajstić information content (AvgIpc) is 2.34. The van der Waals surface area contributed by atoms with Gasteiger partial charge in [0.25, 0.3) is 16.0 Å². The Hall–Kier alpha value is -2.22. The Labute approximate surface area is 110 Å². The third-order valence-corrected chi connectivity index (χ3v) is 4.00. The van der Waals surface area contributed by atoms with Gasteiger partial charge in [-0.2, -0.15) is 5.10 Å². The topological polar surface area (TPSA) is 111 Å². The first-order valence-corrected chi connectivity index (χ1v) is 6.92. The molecule has 19 heavy (non-hydrogen) atoms. The van der Waals surface area contributed by atoms with Crippen LogP contribution in [0.5, 0.6) is 0 Å². The molecule has 0 aliphatic carbocycles. The predicted octanol–water partition coefficient (Wildman–Crippen LogP) is 0.871. The fraction of sp³-hybridized carbons (Fsp3) is 0.182.